The molecule has 2 aromatic rings. The molecule has 0 radical (unpaired) electrons. The predicted molar refractivity (Wildman–Crippen MR) is 167 cm³/mol. The Morgan fingerprint density at radius 1 is 1.09 bits per heavy atom. The number of amides is 5. The second kappa shape index (κ2) is 16.2. The lowest BCUT2D eigenvalue weighted by Gasteiger charge is -2.55. The van der Waals surface area contributed by atoms with Crippen LogP contribution >= 0.6 is 0 Å². The zero-order chi connectivity index (χ0) is 32.2. The lowest BCUT2D eigenvalue weighted by atomic mass is 10.0. The lowest BCUT2D eigenvalue weighted by molar-refractivity contribution is -0.189. The topological polar surface area (TPSA) is 124 Å². The van der Waals surface area contributed by atoms with Crippen LogP contribution in [0.2, 0.25) is 0 Å². The molecule has 2 heterocycles. The molecular weight excluding hydrogens is 576 g/mol. The van der Waals surface area contributed by atoms with Gasteiger partial charge in [-0.2, -0.15) is 5.01 Å². The quantitative estimate of drug-likeness (QED) is 0.202. The van der Waals surface area contributed by atoms with Crippen LogP contribution in [0, 0.1) is 12.3 Å². The number of piperazine rings is 1. The summed E-state index contributed by atoms with van der Waals surface area (Å²) in [4.78, 5) is 56.4. The number of carbonyl (C=O) groups excluding carboxylic acids is 4. The number of alkyl carbamates (subject to hydrolysis) is 1. The fourth-order valence-corrected chi connectivity index (χ4v) is 5.46. The predicted octanol–water partition coefficient (Wildman–Crippen LogP) is 2.72. The maximum Gasteiger partial charge on any atom is 0.407 e. The van der Waals surface area contributed by atoms with Crippen LogP contribution < -0.4 is 15.4 Å². The highest BCUT2D eigenvalue weighted by atomic mass is 16.5. The van der Waals surface area contributed by atoms with E-state index in [9.17, 15) is 19.2 Å². The normalized spacial score (nSPS) is 18.1. The molecule has 2 saturated heterocycles. The van der Waals surface area contributed by atoms with Gasteiger partial charge in [0.2, 0.25) is 11.8 Å². The maximum atomic E-state index is 14.0. The van der Waals surface area contributed by atoms with Crippen molar-refractivity contribution in [2.45, 2.75) is 45.1 Å². The standard InChI is InChI=1S/C33H40N6O6/c1-4-19-37-24-30(40)38-28(13-10-18-34-33(43)45-20-5-2)31(41)36(22-26-14-16-27(17-15-26)44-6-3)23-29(38)39(37)32(42)35-21-25-11-8-7-9-12-25/h1,5,7-9,11-12,14-17,28-29H,2,6,10,13,18-24H2,3H3,(H,34,43)(H,35,42)/t28-,29-/m0/s1. The maximum absolute atomic E-state index is 14.0. The Balaban J connectivity index is 1.59. The van der Waals surface area contributed by atoms with Crippen molar-refractivity contribution in [3.05, 3.63) is 78.4 Å². The molecule has 0 aliphatic carbocycles. The van der Waals surface area contributed by atoms with Gasteiger partial charge >= 0.3 is 12.1 Å². The van der Waals surface area contributed by atoms with Gasteiger partial charge in [0.15, 0.2) is 0 Å². The Kier molecular flexibility index (Phi) is 11.8. The summed E-state index contributed by atoms with van der Waals surface area (Å²) in [5.74, 6) is 2.73. The number of hydrazine groups is 1. The van der Waals surface area contributed by atoms with Gasteiger partial charge in [0.1, 0.15) is 24.6 Å². The van der Waals surface area contributed by atoms with E-state index < -0.39 is 24.3 Å². The Bertz CT molecular complexity index is 1380. The SMILES string of the molecule is C#CCN1CC(=O)N2[C@@H](CCCNC(=O)OCC=C)C(=O)N(Cc3ccc(OCC)cc3)C[C@@H]2N1C(=O)NCc1ccccc1. The van der Waals surface area contributed by atoms with Crippen LogP contribution in [0.25, 0.3) is 0 Å². The molecule has 0 aromatic heterocycles. The molecule has 0 unspecified atom stereocenters. The van der Waals surface area contributed by atoms with E-state index in [1.807, 2.05) is 61.5 Å². The molecule has 2 aromatic carbocycles. The van der Waals surface area contributed by atoms with E-state index in [-0.39, 0.29) is 64.1 Å². The van der Waals surface area contributed by atoms with Crippen molar-refractivity contribution in [2.24, 2.45) is 0 Å². The van der Waals surface area contributed by atoms with Crippen LogP contribution in [-0.2, 0) is 27.4 Å². The molecule has 12 heteroatoms. The summed E-state index contributed by atoms with van der Waals surface area (Å²) in [6, 6.07) is 15.6. The number of ether oxygens (including phenoxy) is 2. The van der Waals surface area contributed by atoms with E-state index in [0.29, 0.717) is 13.0 Å². The van der Waals surface area contributed by atoms with Gasteiger partial charge in [-0.3, -0.25) is 9.59 Å². The van der Waals surface area contributed by atoms with Crippen molar-refractivity contribution in [1.29, 1.82) is 0 Å². The first-order valence-electron chi connectivity index (χ1n) is 15.0. The zero-order valence-electron chi connectivity index (χ0n) is 25.5. The number of nitrogens with one attached hydrogen (secondary N) is 2. The summed E-state index contributed by atoms with van der Waals surface area (Å²) in [5, 5.41) is 8.62. The second-order valence-corrected chi connectivity index (χ2v) is 10.6. The Labute approximate surface area is 263 Å². The highest BCUT2D eigenvalue weighted by Gasteiger charge is 2.51. The number of urea groups is 1. The minimum atomic E-state index is -0.859. The second-order valence-electron chi connectivity index (χ2n) is 10.6. The largest absolute Gasteiger partial charge is 0.494 e. The van der Waals surface area contributed by atoms with Crippen molar-refractivity contribution in [1.82, 2.24) is 30.5 Å². The Morgan fingerprint density at radius 3 is 2.53 bits per heavy atom. The number of benzene rings is 2. The third-order valence-electron chi connectivity index (χ3n) is 7.46. The van der Waals surface area contributed by atoms with Gasteiger partial charge in [-0.15, -0.1) is 6.42 Å². The van der Waals surface area contributed by atoms with Crippen LogP contribution in [0.4, 0.5) is 9.59 Å². The molecule has 2 fully saturated rings. The first-order chi connectivity index (χ1) is 21.9. The van der Waals surface area contributed by atoms with Crippen LogP contribution in [-0.4, -0.2) is 95.4 Å². The molecule has 0 saturated carbocycles. The zero-order valence-corrected chi connectivity index (χ0v) is 25.5. The third-order valence-corrected chi connectivity index (χ3v) is 7.46. The third kappa shape index (κ3) is 8.55. The number of carbonyl (C=O) groups is 4. The first-order valence-corrected chi connectivity index (χ1v) is 15.0. The van der Waals surface area contributed by atoms with E-state index in [2.05, 4.69) is 23.1 Å². The molecule has 5 amide bonds. The van der Waals surface area contributed by atoms with Crippen molar-refractivity contribution in [3.8, 4) is 18.1 Å². The summed E-state index contributed by atoms with van der Waals surface area (Å²) < 4.78 is 10.5. The van der Waals surface area contributed by atoms with Gasteiger partial charge in [-0.05, 0) is 43.0 Å². The Morgan fingerprint density at radius 2 is 1.84 bits per heavy atom. The molecule has 2 atom stereocenters. The molecule has 12 nitrogen and oxygen atoms in total. The molecule has 0 bridgehead atoms. The van der Waals surface area contributed by atoms with Gasteiger partial charge in [0.25, 0.3) is 0 Å². The summed E-state index contributed by atoms with van der Waals surface area (Å²) in [6.07, 6.45) is 6.37. The summed E-state index contributed by atoms with van der Waals surface area (Å²) >= 11 is 0. The van der Waals surface area contributed by atoms with Crippen LogP contribution in [0.3, 0.4) is 0 Å². The van der Waals surface area contributed by atoms with Crippen LogP contribution in [0.1, 0.15) is 30.9 Å². The van der Waals surface area contributed by atoms with Crippen molar-refractivity contribution in [3.63, 3.8) is 0 Å². The molecule has 2 aliphatic rings. The number of rotatable bonds is 13. The minimum absolute atomic E-state index is 0.0308. The van der Waals surface area contributed by atoms with Gasteiger partial charge < -0.3 is 29.9 Å². The summed E-state index contributed by atoms with van der Waals surface area (Å²) in [7, 11) is 0. The van der Waals surface area contributed by atoms with E-state index in [1.165, 1.54) is 16.0 Å². The molecule has 2 N–H and O–H groups in total. The first kappa shape index (κ1) is 32.9. The van der Waals surface area contributed by atoms with E-state index >= 15 is 0 Å². The highest BCUT2D eigenvalue weighted by Crippen LogP contribution is 2.29. The molecule has 4 rings (SSSR count). The summed E-state index contributed by atoms with van der Waals surface area (Å²) in [6.45, 7) is 6.76. The van der Waals surface area contributed by atoms with E-state index in [1.54, 1.807) is 9.91 Å². The van der Waals surface area contributed by atoms with E-state index in [0.717, 1.165) is 16.9 Å². The van der Waals surface area contributed by atoms with Gasteiger partial charge in [0.05, 0.1) is 26.2 Å². The van der Waals surface area contributed by atoms with Crippen molar-refractivity contribution in [2.75, 3.05) is 39.4 Å². The molecule has 238 valence electrons. The average Bonchev–Trinajstić information content (AvgIpc) is 3.04. The monoisotopic (exact) mass is 616 g/mol. The Hall–Kier alpha value is -5.02. The fourth-order valence-electron chi connectivity index (χ4n) is 5.46. The lowest BCUT2D eigenvalue weighted by Crippen LogP contribution is -2.76. The number of fused-ring (bicyclic) bond motifs is 1. The number of hydrogen-bond acceptors (Lipinski definition) is 7. The van der Waals surface area contributed by atoms with Gasteiger partial charge in [0, 0.05) is 19.6 Å². The average molecular weight is 617 g/mol. The van der Waals surface area contributed by atoms with Gasteiger partial charge in [-0.1, -0.05) is 61.0 Å². The number of terminal acetylenes is 1. The molecular formula is C33H40N6O6. The summed E-state index contributed by atoms with van der Waals surface area (Å²) in [5.41, 5.74) is 1.78. The smallest absolute Gasteiger partial charge is 0.407 e. The minimum Gasteiger partial charge on any atom is -0.494 e. The molecule has 45 heavy (non-hydrogen) atoms. The highest BCUT2D eigenvalue weighted by molar-refractivity contribution is 5.91. The van der Waals surface area contributed by atoms with Crippen molar-refractivity contribution < 1.29 is 28.7 Å². The van der Waals surface area contributed by atoms with E-state index in [4.69, 9.17) is 15.9 Å². The fraction of sp³-hybridized carbons (Fsp3) is 0.394. The van der Waals surface area contributed by atoms with Gasteiger partial charge in [-0.25, -0.2) is 14.6 Å². The number of nitrogens with zero attached hydrogens (tertiary/aromatic N) is 4. The van der Waals surface area contributed by atoms with Crippen LogP contribution in [0.5, 0.6) is 5.75 Å². The van der Waals surface area contributed by atoms with Crippen molar-refractivity contribution >= 4 is 23.9 Å². The molecule has 0 spiro atoms. The number of hydrogen-bond donors (Lipinski definition) is 2. The molecule has 2 aliphatic heterocycles. The van der Waals surface area contributed by atoms with Crippen LogP contribution in [0.15, 0.2) is 67.3 Å².